The third kappa shape index (κ3) is 5.77. The van der Waals surface area contributed by atoms with Gasteiger partial charge < -0.3 is 9.16 Å². The van der Waals surface area contributed by atoms with E-state index in [9.17, 15) is 9.59 Å². The van der Waals surface area contributed by atoms with Crippen LogP contribution in [0.1, 0.15) is 51.8 Å². The number of aromatic amines is 1. The smallest absolute Gasteiger partial charge is 0.330 e. The molecular weight excluding hydrogens is 489 g/mol. The maximum absolute atomic E-state index is 12.6. The number of rotatable bonds is 6. The number of H-pyrrole nitrogens is 1. The average molecular weight is 531 g/mol. The molecule has 0 radical (unpaired) electrons. The topological polar surface area (TPSA) is 73.3 Å². The molecule has 2 saturated heterocycles. The lowest BCUT2D eigenvalue weighted by atomic mass is 10.1. The third-order valence-electron chi connectivity index (χ3n) is 7.46. The van der Waals surface area contributed by atoms with Crippen molar-refractivity contribution in [2.45, 2.75) is 107 Å². The van der Waals surface area contributed by atoms with Gasteiger partial charge in [0.05, 0.1) is 24.0 Å². The molecule has 3 rings (SSSR count). The molecule has 3 atom stereocenters. The maximum Gasteiger partial charge on any atom is 0.330 e. The zero-order valence-corrected chi connectivity index (χ0v) is 25.4. The summed E-state index contributed by atoms with van der Waals surface area (Å²) in [5.74, 6) is 2.39. The molecule has 10 heteroatoms. The second-order valence-electron chi connectivity index (χ2n) is 12.0. The van der Waals surface area contributed by atoms with Crippen molar-refractivity contribution in [3.05, 3.63) is 32.6 Å². The molecular formula is C23H42N2O4S2Si2. The monoisotopic (exact) mass is 530 g/mol. The van der Waals surface area contributed by atoms with Crippen LogP contribution in [-0.4, -0.2) is 53.4 Å². The van der Waals surface area contributed by atoms with Crippen LogP contribution >= 0.6 is 23.5 Å². The van der Waals surface area contributed by atoms with Gasteiger partial charge >= 0.3 is 5.69 Å². The van der Waals surface area contributed by atoms with E-state index in [1.807, 2.05) is 0 Å². The highest BCUT2D eigenvalue weighted by molar-refractivity contribution is 8.21. The molecule has 0 saturated carbocycles. The maximum atomic E-state index is 12.6. The van der Waals surface area contributed by atoms with Gasteiger partial charge in [0, 0.05) is 18.2 Å². The van der Waals surface area contributed by atoms with Gasteiger partial charge in [-0.15, -0.1) is 23.5 Å². The van der Waals surface area contributed by atoms with Crippen molar-refractivity contribution in [2.24, 2.45) is 0 Å². The van der Waals surface area contributed by atoms with E-state index < -0.39 is 28.3 Å². The Morgan fingerprint density at radius 3 is 2.33 bits per heavy atom. The summed E-state index contributed by atoms with van der Waals surface area (Å²) in [6, 6.07) is 0. The van der Waals surface area contributed by atoms with Crippen LogP contribution in [0.2, 0.25) is 37.8 Å². The van der Waals surface area contributed by atoms with Gasteiger partial charge in [-0.05, 0) is 49.4 Å². The molecule has 188 valence electrons. The minimum Gasteiger partial charge on any atom is -0.411 e. The van der Waals surface area contributed by atoms with Crippen molar-refractivity contribution < 1.29 is 9.16 Å². The number of nitrogens with one attached hydrogen (secondary N) is 1. The summed E-state index contributed by atoms with van der Waals surface area (Å²) in [7, 11) is -3.58. The van der Waals surface area contributed by atoms with Gasteiger partial charge in [-0.3, -0.25) is 14.3 Å². The molecule has 0 spiro atoms. The molecule has 0 unspecified atom stereocenters. The van der Waals surface area contributed by atoms with E-state index in [4.69, 9.17) is 9.16 Å². The Balaban J connectivity index is 1.96. The zero-order chi connectivity index (χ0) is 24.8. The largest absolute Gasteiger partial charge is 0.411 e. The minimum absolute atomic E-state index is 0.0635. The third-order valence-corrected chi connectivity index (χ3v) is 22.0. The molecule has 0 bridgehead atoms. The second-order valence-corrected chi connectivity index (χ2v) is 25.9. The predicted molar refractivity (Wildman–Crippen MR) is 147 cm³/mol. The van der Waals surface area contributed by atoms with E-state index in [1.165, 1.54) is 17.9 Å². The molecule has 33 heavy (non-hydrogen) atoms. The Bertz CT molecular complexity index is 959. The summed E-state index contributed by atoms with van der Waals surface area (Å²) in [5.41, 5.74) is -0.239. The lowest BCUT2D eigenvalue weighted by molar-refractivity contribution is -0.0215. The van der Waals surface area contributed by atoms with Crippen molar-refractivity contribution in [1.29, 1.82) is 0 Å². The second kappa shape index (κ2) is 9.65. The van der Waals surface area contributed by atoms with Crippen molar-refractivity contribution in [1.82, 2.24) is 9.55 Å². The fourth-order valence-electron chi connectivity index (χ4n) is 4.23. The molecule has 2 aliphatic rings. The van der Waals surface area contributed by atoms with E-state index in [1.54, 1.807) is 17.7 Å². The van der Waals surface area contributed by atoms with E-state index in [-0.39, 0.29) is 26.5 Å². The fourth-order valence-corrected chi connectivity index (χ4v) is 13.3. The lowest BCUT2D eigenvalue weighted by Gasteiger charge is -2.47. The Morgan fingerprint density at radius 2 is 1.79 bits per heavy atom. The van der Waals surface area contributed by atoms with Crippen LogP contribution in [0.3, 0.4) is 0 Å². The molecule has 2 fully saturated rings. The summed E-state index contributed by atoms with van der Waals surface area (Å²) in [4.78, 5) is 27.0. The van der Waals surface area contributed by atoms with E-state index in [0.717, 1.165) is 6.42 Å². The Labute approximate surface area is 209 Å². The van der Waals surface area contributed by atoms with Gasteiger partial charge in [0.1, 0.15) is 6.23 Å². The van der Waals surface area contributed by atoms with Crippen LogP contribution in [0.15, 0.2) is 15.8 Å². The van der Waals surface area contributed by atoms with Crippen LogP contribution in [-0.2, 0) is 9.16 Å². The molecule has 1 N–H and O–H groups in total. The normalized spacial score (nSPS) is 26.5. The highest BCUT2D eigenvalue weighted by Crippen LogP contribution is 2.53. The predicted octanol–water partition coefficient (Wildman–Crippen LogP) is 5.36. The summed E-state index contributed by atoms with van der Waals surface area (Å²) in [6.07, 6.45) is 3.89. The van der Waals surface area contributed by atoms with Gasteiger partial charge in [-0.2, -0.15) is 0 Å². The van der Waals surface area contributed by atoms with Crippen molar-refractivity contribution in [3.63, 3.8) is 0 Å². The zero-order valence-electron chi connectivity index (χ0n) is 21.7. The number of hydrogen-bond acceptors (Lipinski definition) is 6. The molecule has 2 aliphatic heterocycles. The number of ether oxygens (including phenoxy) is 1. The fraction of sp³-hybridized carbons (Fsp3) is 0.826. The van der Waals surface area contributed by atoms with Crippen LogP contribution in [0.4, 0.5) is 0 Å². The van der Waals surface area contributed by atoms with Crippen LogP contribution in [0.5, 0.6) is 0 Å². The number of aromatic nitrogens is 2. The van der Waals surface area contributed by atoms with Crippen LogP contribution in [0.25, 0.3) is 0 Å². The quantitative estimate of drug-likeness (QED) is 0.499. The summed E-state index contributed by atoms with van der Waals surface area (Å²) < 4.78 is 15.3. The highest BCUT2D eigenvalue weighted by Gasteiger charge is 2.52. The van der Waals surface area contributed by atoms with Gasteiger partial charge in [-0.25, -0.2) is 4.79 Å². The number of thioether (sulfide) groups is 2. The molecule has 6 nitrogen and oxygen atoms in total. The molecule has 0 aliphatic carbocycles. The number of nitrogens with zero attached hydrogens (tertiary/aromatic N) is 1. The summed E-state index contributed by atoms with van der Waals surface area (Å²) >= 11 is 4.24. The van der Waals surface area contributed by atoms with Crippen LogP contribution < -0.4 is 11.2 Å². The first kappa shape index (κ1) is 27.3. The Morgan fingerprint density at radius 1 is 1.18 bits per heavy atom. The van der Waals surface area contributed by atoms with Crippen molar-refractivity contribution >= 4 is 39.9 Å². The van der Waals surface area contributed by atoms with Gasteiger partial charge in [0.15, 0.2) is 8.32 Å². The number of aryl methyl sites for hydroxylation is 1. The van der Waals surface area contributed by atoms with Crippen molar-refractivity contribution in [3.8, 4) is 0 Å². The SMILES string of the molecule is Cc1cn([C@H]2C[C@@H](O[Si](C)(C)C(C)(C)C)[C@@H](CC3([Si](C)(C)C)SCCCS3)O2)c(=O)[nH]c1=O. The van der Waals surface area contributed by atoms with Crippen LogP contribution in [0, 0.1) is 6.92 Å². The van der Waals surface area contributed by atoms with E-state index in [2.05, 4.69) is 82.0 Å². The highest BCUT2D eigenvalue weighted by atomic mass is 32.2. The van der Waals surface area contributed by atoms with Crippen molar-refractivity contribution in [2.75, 3.05) is 11.5 Å². The minimum atomic E-state index is -2.04. The molecule has 0 aromatic carbocycles. The first-order valence-electron chi connectivity index (χ1n) is 12.0. The van der Waals surface area contributed by atoms with Gasteiger partial charge in [0.25, 0.3) is 5.56 Å². The molecule has 3 heterocycles. The number of hydrogen-bond donors (Lipinski definition) is 1. The van der Waals surface area contributed by atoms with Gasteiger partial charge in [0.2, 0.25) is 0 Å². The molecule has 1 aromatic heterocycles. The molecule has 1 aromatic rings. The average Bonchev–Trinajstić information content (AvgIpc) is 3.05. The Kier molecular flexibility index (Phi) is 7.99. The summed E-state index contributed by atoms with van der Waals surface area (Å²) in [6.45, 7) is 20.5. The standard InChI is InChI=1S/C23H42N2O4S2Si2/c1-16-15-25(21(27)24-20(16)26)19-13-17(29-33(8,9)22(2,3)4)18(28-19)14-23(32(5,6)7)30-11-10-12-31-23/h15,17-19H,10-14H2,1-9H3,(H,24,26,27)/t17-,18-,19-/m1/s1. The lowest BCUT2D eigenvalue weighted by Crippen LogP contribution is -2.53. The van der Waals surface area contributed by atoms with Gasteiger partial charge in [-0.1, -0.05) is 40.4 Å². The summed E-state index contributed by atoms with van der Waals surface area (Å²) in [5, 5.41) is 0.0891. The van der Waals surface area contributed by atoms with E-state index in [0.29, 0.717) is 12.0 Å². The Hall–Kier alpha value is -0.266. The first-order valence-corrected chi connectivity index (χ1v) is 20.4. The van der Waals surface area contributed by atoms with E-state index >= 15 is 0 Å². The molecule has 0 amide bonds. The first-order chi connectivity index (χ1) is 15.1.